The Kier molecular flexibility index (Phi) is 4.82. The summed E-state index contributed by atoms with van der Waals surface area (Å²) in [6.45, 7) is 4.01. The van der Waals surface area contributed by atoms with Gasteiger partial charge in [-0.3, -0.25) is 0 Å². The molecule has 1 N–H and O–H groups in total. The number of nitriles is 1. The molecule has 0 aliphatic rings. The predicted molar refractivity (Wildman–Crippen MR) is 110 cm³/mol. The van der Waals surface area contributed by atoms with Crippen LogP contribution in [-0.2, 0) is 4.74 Å². The molecule has 4 aromatic rings. The van der Waals surface area contributed by atoms with Gasteiger partial charge in [0.1, 0.15) is 11.6 Å². The van der Waals surface area contributed by atoms with Crippen molar-refractivity contribution in [3.05, 3.63) is 65.0 Å². The minimum absolute atomic E-state index is 0.0827. The fourth-order valence-electron chi connectivity index (χ4n) is 3.11. The third-order valence-corrected chi connectivity index (χ3v) is 4.65. The monoisotopic (exact) mass is 399 g/mol. The SMILES string of the molecule is COC(=O)c1ccc(Nc2c(C#N)cnn2-c2cc(C)c3cccc(C)c3n2)nn1. The zero-order valence-corrected chi connectivity index (χ0v) is 16.5. The number of methoxy groups -OCH3 is 1. The summed E-state index contributed by atoms with van der Waals surface area (Å²) in [5.41, 5.74) is 3.36. The van der Waals surface area contributed by atoms with E-state index in [0.717, 1.165) is 22.0 Å². The number of rotatable bonds is 4. The van der Waals surface area contributed by atoms with Crippen molar-refractivity contribution in [3.63, 3.8) is 0 Å². The molecule has 0 aliphatic heterocycles. The summed E-state index contributed by atoms with van der Waals surface area (Å²) >= 11 is 0. The lowest BCUT2D eigenvalue weighted by atomic mass is 10.1. The first-order valence-corrected chi connectivity index (χ1v) is 9.06. The second-order valence-corrected chi connectivity index (χ2v) is 6.62. The Bertz CT molecular complexity index is 1300. The van der Waals surface area contributed by atoms with E-state index < -0.39 is 5.97 Å². The summed E-state index contributed by atoms with van der Waals surface area (Å²) in [6.07, 6.45) is 1.46. The lowest BCUT2D eigenvalue weighted by Crippen LogP contribution is -2.09. The highest BCUT2D eigenvalue weighted by molar-refractivity contribution is 5.87. The van der Waals surface area contributed by atoms with Crippen LogP contribution in [0.5, 0.6) is 0 Å². The molecule has 30 heavy (non-hydrogen) atoms. The smallest absolute Gasteiger partial charge is 0.358 e. The van der Waals surface area contributed by atoms with Gasteiger partial charge in [-0.2, -0.15) is 15.0 Å². The number of pyridine rings is 1. The molecule has 4 rings (SSSR count). The third kappa shape index (κ3) is 3.31. The Morgan fingerprint density at radius 1 is 1.17 bits per heavy atom. The number of aromatic nitrogens is 5. The van der Waals surface area contributed by atoms with Gasteiger partial charge < -0.3 is 10.1 Å². The molecule has 148 valence electrons. The van der Waals surface area contributed by atoms with E-state index in [0.29, 0.717) is 23.0 Å². The van der Waals surface area contributed by atoms with Crippen LogP contribution in [0.3, 0.4) is 0 Å². The van der Waals surface area contributed by atoms with Crippen molar-refractivity contribution >= 4 is 28.5 Å². The van der Waals surface area contributed by atoms with Gasteiger partial charge in [0.25, 0.3) is 0 Å². The Morgan fingerprint density at radius 2 is 2.00 bits per heavy atom. The first-order valence-electron chi connectivity index (χ1n) is 9.06. The fraction of sp³-hybridized carbons (Fsp3) is 0.143. The van der Waals surface area contributed by atoms with Crippen LogP contribution in [0.1, 0.15) is 27.2 Å². The normalized spacial score (nSPS) is 10.6. The molecule has 0 bridgehead atoms. The first-order chi connectivity index (χ1) is 14.5. The summed E-state index contributed by atoms with van der Waals surface area (Å²) in [5, 5.41) is 25.8. The number of carbonyl (C=O) groups is 1. The Balaban J connectivity index is 1.78. The Labute approximate surface area is 172 Å². The molecule has 0 unspecified atom stereocenters. The first kappa shape index (κ1) is 19.0. The lowest BCUT2D eigenvalue weighted by molar-refractivity contribution is 0.0593. The molecule has 0 radical (unpaired) electrons. The number of aryl methyl sites for hydroxylation is 2. The quantitative estimate of drug-likeness (QED) is 0.520. The Morgan fingerprint density at radius 3 is 2.70 bits per heavy atom. The zero-order valence-electron chi connectivity index (χ0n) is 16.5. The second kappa shape index (κ2) is 7.60. The highest BCUT2D eigenvalue weighted by atomic mass is 16.5. The molecule has 3 heterocycles. The number of benzene rings is 1. The number of anilines is 2. The molecular formula is C21H17N7O2. The maximum Gasteiger partial charge on any atom is 0.358 e. The van der Waals surface area contributed by atoms with Crippen molar-refractivity contribution in [3.8, 4) is 11.9 Å². The van der Waals surface area contributed by atoms with Crippen molar-refractivity contribution in [2.45, 2.75) is 13.8 Å². The number of ether oxygens (including phenoxy) is 1. The van der Waals surface area contributed by atoms with E-state index in [1.165, 1.54) is 19.4 Å². The van der Waals surface area contributed by atoms with Crippen LogP contribution in [0.4, 0.5) is 11.6 Å². The van der Waals surface area contributed by atoms with Crippen LogP contribution < -0.4 is 5.32 Å². The number of nitrogens with zero attached hydrogens (tertiary/aromatic N) is 6. The van der Waals surface area contributed by atoms with Crippen molar-refractivity contribution in [1.29, 1.82) is 5.26 Å². The summed E-state index contributed by atoms with van der Waals surface area (Å²) in [6, 6.07) is 13.1. The Hall–Kier alpha value is -4.32. The van der Waals surface area contributed by atoms with Gasteiger partial charge in [-0.1, -0.05) is 18.2 Å². The van der Waals surface area contributed by atoms with Crippen LogP contribution in [-0.4, -0.2) is 38.0 Å². The van der Waals surface area contributed by atoms with Gasteiger partial charge in [-0.05, 0) is 43.2 Å². The van der Waals surface area contributed by atoms with Crippen LogP contribution >= 0.6 is 0 Å². The van der Waals surface area contributed by atoms with Gasteiger partial charge in [0, 0.05) is 5.39 Å². The van der Waals surface area contributed by atoms with Crippen LogP contribution in [0.15, 0.2) is 42.6 Å². The minimum Gasteiger partial charge on any atom is -0.464 e. The van der Waals surface area contributed by atoms with Crippen molar-refractivity contribution < 1.29 is 9.53 Å². The number of hydrogen-bond acceptors (Lipinski definition) is 8. The topological polar surface area (TPSA) is 119 Å². The van der Waals surface area contributed by atoms with Gasteiger partial charge in [-0.25, -0.2) is 9.78 Å². The fourth-order valence-corrected chi connectivity index (χ4v) is 3.11. The second-order valence-electron chi connectivity index (χ2n) is 6.62. The van der Waals surface area contributed by atoms with E-state index in [-0.39, 0.29) is 5.69 Å². The van der Waals surface area contributed by atoms with E-state index >= 15 is 0 Å². The summed E-state index contributed by atoms with van der Waals surface area (Å²) in [5.74, 6) is 0.729. The predicted octanol–water partition coefficient (Wildman–Crippen LogP) is 3.23. The van der Waals surface area contributed by atoms with E-state index in [1.54, 1.807) is 10.7 Å². The van der Waals surface area contributed by atoms with E-state index in [2.05, 4.69) is 31.4 Å². The third-order valence-electron chi connectivity index (χ3n) is 4.65. The number of esters is 1. The van der Waals surface area contributed by atoms with Crippen molar-refractivity contribution in [2.75, 3.05) is 12.4 Å². The largest absolute Gasteiger partial charge is 0.464 e. The van der Waals surface area contributed by atoms with Gasteiger partial charge >= 0.3 is 5.97 Å². The van der Waals surface area contributed by atoms with E-state index in [4.69, 9.17) is 4.98 Å². The minimum atomic E-state index is -0.581. The molecule has 3 aromatic heterocycles. The van der Waals surface area contributed by atoms with Gasteiger partial charge in [0.2, 0.25) is 0 Å². The maximum atomic E-state index is 11.5. The summed E-state index contributed by atoms with van der Waals surface area (Å²) in [7, 11) is 1.27. The summed E-state index contributed by atoms with van der Waals surface area (Å²) in [4.78, 5) is 16.3. The van der Waals surface area contributed by atoms with Gasteiger partial charge in [0.15, 0.2) is 23.1 Å². The molecule has 1 aromatic carbocycles. The van der Waals surface area contributed by atoms with Crippen molar-refractivity contribution in [2.24, 2.45) is 0 Å². The number of carbonyl (C=O) groups excluding carboxylic acids is 1. The zero-order chi connectivity index (χ0) is 21.3. The molecule has 0 saturated heterocycles. The molecule has 0 aliphatic carbocycles. The maximum absolute atomic E-state index is 11.5. The highest BCUT2D eigenvalue weighted by Gasteiger charge is 2.16. The van der Waals surface area contributed by atoms with E-state index in [1.807, 2.05) is 38.1 Å². The van der Waals surface area contributed by atoms with Gasteiger partial charge in [0.05, 0.1) is 18.8 Å². The summed E-state index contributed by atoms with van der Waals surface area (Å²) < 4.78 is 6.17. The number of fused-ring (bicyclic) bond motifs is 1. The number of hydrogen-bond donors (Lipinski definition) is 1. The number of nitrogens with one attached hydrogen (secondary N) is 1. The molecule has 0 atom stereocenters. The van der Waals surface area contributed by atoms with Crippen LogP contribution in [0.2, 0.25) is 0 Å². The van der Waals surface area contributed by atoms with E-state index in [9.17, 15) is 10.1 Å². The molecule has 9 nitrogen and oxygen atoms in total. The molecular weight excluding hydrogens is 382 g/mol. The van der Waals surface area contributed by atoms with Crippen LogP contribution in [0.25, 0.3) is 16.7 Å². The molecule has 9 heteroatoms. The molecule has 0 spiro atoms. The molecule has 0 saturated carbocycles. The van der Waals surface area contributed by atoms with Crippen molar-refractivity contribution in [1.82, 2.24) is 25.0 Å². The number of para-hydroxylation sites is 1. The van der Waals surface area contributed by atoms with Gasteiger partial charge in [-0.15, -0.1) is 10.2 Å². The molecule has 0 fully saturated rings. The van der Waals surface area contributed by atoms with Crippen LogP contribution in [0, 0.1) is 25.2 Å². The average molecular weight is 399 g/mol. The lowest BCUT2D eigenvalue weighted by Gasteiger charge is -2.12. The average Bonchev–Trinajstić information content (AvgIpc) is 3.17. The standard InChI is InChI=1S/C21H17N7O2/c1-12-5-4-6-15-13(2)9-18(25-19(12)15)28-20(14(10-22)11-23-28)24-17-8-7-16(26-27-17)21(29)30-3/h4-9,11H,1-3H3,(H,24,27). The molecule has 0 amide bonds. The highest BCUT2D eigenvalue weighted by Crippen LogP contribution is 2.26.